The van der Waals surface area contributed by atoms with Crippen molar-refractivity contribution in [3.63, 3.8) is 0 Å². The molecular formula is C37H37N2O7S3+. The highest BCUT2D eigenvalue weighted by Gasteiger charge is 2.20. The van der Waals surface area contributed by atoms with E-state index >= 15 is 0 Å². The van der Waals surface area contributed by atoms with Gasteiger partial charge >= 0.3 is 0 Å². The highest BCUT2D eigenvalue weighted by molar-refractivity contribution is 7.79. The maximum Gasteiger partial charge on any atom is 0.200 e. The van der Waals surface area contributed by atoms with Gasteiger partial charge in [-0.05, 0) is 103 Å². The van der Waals surface area contributed by atoms with Crippen LogP contribution in [-0.4, -0.2) is 54.8 Å². The van der Waals surface area contributed by atoms with Crippen LogP contribution in [0.25, 0.3) is 5.57 Å². The summed E-state index contributed by atoms with van der Waals surface area (Å²) in [4.78, 5) is 2.90. The van der Waals surface area contributed by atoms with E-state index in [1.807, 2.05) is 74.5 Å². The Hall–Kier alpha value is -4.30. The third kappa shape index (κ3) is 8.84. The highest BCUT2D eigenvalue weighted by atomic mass is 32.2. The quantitative estimate of drug-likeness (QED) is 0.0932. The Morgan fingerprint density at radius 3 is 1.90 bits per heavy atom. The molecule has 0 heterocycles. The monoisotopic (exact) mass is 717 g/mol. The van der Waals surface area contributed by atoms with Crippen molar-refractivity contribution in [2.45, 2.75) is 41.6 Å². The van der Waals surface area contributed by atoms with Crippen molar-refractivity contribution in [2.75, 3.05) is 18.0 Å². The zero-order valence-corrected chi connectivity index (χ0v) is 29.4. The van der Waals surface area contributed by atoms with Crippen LogP contribution >= 0.6 is 0 Å². The van der Waals surface area contributed by atoms with Crippen LogP contribution in [0.5, 0.6) is 5.75 Å². The van der Waals surface area contributed by atoms with E-state index in [9.17, 15) is 31.4 Å². The molecule has 1 aliphatic rings. The predicted molar refractivity (Wildman–Crippen MR) is 195 cm³/mol. The Labute approximate surface area is 293 Å². The molecule has 4 aromatic carbocycles. The Balaban J connectivity index is 1.53. The van der Waals surface area contributed by atoms with Crippen molar-refractivity contribution in [3.05, 3.63) is 143 Å². The molecule has 0 fully saturated rings. The molecule has 0 saturated heterocycles. The number of hydrogen-bond donors (Lipinski definition) is 4. The normalized spacial score (nSPS) is 14.4. The van der Waals surface area contributed by atoms with Gasteiger partial charge in [0, 0.05) is 42.1 Å². The predicted octanol–water partition coefficient (Wildman–Crippen LogP) is 6.76. The molecule has 0 saturated carbocycles. The van der Waals surface area contributed by atoms with Gasteiger partial charge in [-0.2, -0.15) is 0 Å². The van der Waals surface area contributed by atoms with Crippen LogP contribution in [0.3, 0.4) is 0 Å². The lowest BCUT2D eigenvalue weighted by molar-refractivity contribution is -0.539. The van der Waals surface area contributed by atoms with Gasteiger partial charge in [0.25, 0.3) is 0 Å². The fraction of sp³-hybridized carbons (Fsp3) is 0.162. The van der Waals surface area contributed by atoms with Crippen molar-refractivity contribution < 1.29 is 36.0 Å². The second-order valence-electron chi connectivity index (χ2n) is 11.2. The van der Waals surface area contributed by atoms with Crippen LogP contribution in [0.4, 0.5) is 5.69 Å². The standard InChI is InChI=1S/C37H36N2O7S3/c1-3-38(24-26-7-5-9-33(21-26)47(41)42)30-15-11-28(12-16-30)37(35-20-19-32(40)23-36(35)49(45)46)29-13-17-31(18-14-29)39(4-2)25-27-8-6-10-34(22-27)48(43)44/h5-23H,3-4,24-25H2,1-2H3,(H3,41,42,43,44,45,46)/p+1. The van der Waals surface area contributed by atoms with E-state index < -0.39 is 33.2 Å². The van der Waals surface area contributed by atoms with Gasteiger partial charge < -0.3 is 23.7 Å². The molecule has 3 unspecified atom stereocenters. The van der Waals surface area contributed by atoms with Gasteiger partial charge in [0.05, 0.1) is 14.7 Å². The van der Waals surface area contributed by atoms with Crippen LogP contribution in [-0.2, 0) is 46.3 Å². The van der Waals surface area contributed by atoms with Crippen molar-refractivity contribution >= 4 is 50.2 Å². The minimum atomic E-state index is -2.38. The fourth-order valence-electron chi connectivity index (χ4n) is 5.73. The molecule has 0 aromatic heterocycles. The first-order chi connectivity index (χ1) is 23.6. The molecule has 0 amide bonds. The highest BCUT2D eigenvalue weighted by Crippen LogP contribution is 2.35. The van der Waals surface area contributed by atoms with Gasteiger partial charge in [0.15, 0.2) is 45.5 Å². The topological polar surface area (TPSA) is 138 Å². The van der Waals surface area contributed by atoms with E-state index in [0.717, 1.165) is 33.7 Å². The maximum atomic E-state index is 12.5. The number of anilines is 1. The largest absolute Gasteiger partial charge is 0.508 e. The van der Waals surface area contributed by atoms with Crippen LogP contribution in [0.15, 0.2) is 136 Å². The number of hydrogen-bond acceptors (Lipinski definition) is 5. The van der Waals surface area contributed by atoms with E-state index in [0.29, 0.717) is 47.1 Å². The van der Waals surface area contributed by atoms with Crippen LogP contribution in [0, 0.1) is 0 Å². The minimum Gasteiger partial charge on any atom is -0.508 e. The van der Waals surface area contributed by atoms with Gasteiger partial charge in [-0.1, -0.05) is 36.4 Å². The summed E-state index contributed by atoms with van der Waals surface area (Å²) >= 11 is -6.51. The lowest BCUT2D eigenvalue weighted by atomic mass is 9.90. The third-order valence-corrected chi connectivity index (χ3v) is 10.2. The first kappa shape index (κ1) is 36.0. The van der Waals surface area contributed by atoms with Gasteiger partial charge in [-0.25, -0.2) is 17.2 Å². The first-order valence-electron chi connectivity index (χ1n) is 15.5. The summed E-state index contributed by atoms with van der Waals surface area (Å²) in [6.07, 6.45) is 7.86. The smallest absolute Gasteiger partial charge is 0.200 e. The number of aromatic hydroxyl groups is 1. The lowest BCUT2D eigenvalue weighted by Crippen LogP contribution is -2.22. The van der Waals surface area contributed by atoms with Gasteiger partial charge in [0.1, 0.15) is 12.3 Å². The summed E-state index contributed by atoms with van der Waals surface area (Å²) in [7, 11) is 0. The summed E-state index contributed by atoms with van der Waals surface area (Å²) in [5, 5.41) is 10.2. The molecule has 254 valence electrons. The van der Waals surface area contributed by atoms with Gasteiger partial charge in [-0.15, -0.1) is 0 Å². The van der Waals surface area contributed by atoms with Crippen LogP contribution < -0.4 is 4.90 Å². The number of allylic oxidation sites excluding steroid dienone is 5. The van der Waals surface area contributed by atoms with Crippen LogP contribution in [0.1, 0.15) is 36.1 Å². The molecule has 9 nitrogen and oxygen atoms in total. The summed E-state index contributed by atoms with van der Waals surface area (Å²) in [5.74, 6) is -0.119. The summed E-state index contributed by atoms with van der Waals surface area (Å²) in [6, 6.07) is 26.3. The number of nitrogens with zero attached hydrogens (tertiary/aromatic N) is 2. The number of phenols is 1. The van der Waals surface area contributed by atoms with E-state index in [4.69, 9.17) is 0 Å². The molecule has 49 heavy (non-hydrogen) atoms. The molecule has 3 atom stereocenters. The molecule has 0 radical (unpaired) electrons. The Morgan fingerprint density at radius 1 is 0.714 bits per heavy atom. The number of rotatable bonds is 12. The molecule has 5 rings (SSSR count). The van der Waals surface area contributed by atoms with Crippen molar-refractivity contribution in [1.29, 1.82) is 0 Å². The van der Waals surface area contributed by atoms with Crippen molar-refractivity contribution in [1.82, 2.24) is 0 Å². The van der Waals surface area contributed by atoms with Gasteiger partial charge in [0.2, 0.25) is 0 Å². The fourth-order valence-corrected chi connectivity index (χ4v) is 7.21. The van der Waals surface area contributed by atoms with Crippen LogP contribution in [0.2, 0.25) is 0 Å². The second kappa shape index (κ2) is 16.4. The van der Waals surface area contributed by atoms with E-state index in [1.165, 1.54) is 12.1 Å². The Bertz CT molecular complexity index is 2040. The minimum absolute atomic E-state index is 0.0795. The average molecular weight is 718 g/mol. The average Bonchev–Trinajstić information content (AvgIpc) is 3.11. The molecule has 12 heteroatoms. The molecule has 1 aliphatic carbocycles. The third-order valence-electron chi connectivity index (χ3n) is 8.18. The van der Waals surface area contributed by atoms with Gasteiger partial charge in [-0.3, -0.25) is 0 Å². The molecule has 0 aliphatic heterocycles. The summed E-state index contributed by atoms with van der Waals surface area (Å²) in [6.45, 7) is 6.49. The van der Waals surface area contributed by atoms with Crippen molar-refractivity contribution in [3.8, 4) is 5.75 Å². The first-order valence-corrected chi connectivity index (χ1v) is 18.8. The van der Waals surface area contributed by atoms with Crippen molar-refractivity contribution in [2.24, 2.45) is 0 Å². The molecule has 0 spiro atoms. The SMILES string of the molecule is CCN(Cc1cccc(S(=O)O)c1)c1ccc(C(=C2C=CC(=[N+](CC)Cc3cccc(S(=O)O)c3)C=C2)c2ccc(O)cc2S(=O)O)cc1. The number of benzene rings is 4. The molecule has 4 aromatic rings. The van der Waals surface area contributed by atoms with E-state index in [-0.39, 0.29) is 10.6 Å². The lowest BCUT2D eigenvalue weighted by Gasteiger charge is -2.24. The van der Waals surface area contributed by atoms with E-state index in [2.05, 4.69) is 9.48 Å². The zero-order chi connectivity index (χ0) is 35.1. The summed E-state index contributed by atoms with van der Waals surface area (Å²) in [5.41, 5.74) is 6.46. The van der Waals surface area contributed by atoms with E-state index in [1.54, 1.807) is 42.5 Å². The molecule has 4 N–H and O–H groups in total. The number of phenolic OH excluding ortho intramolecular Hbond substituents is 1. The second-order valence-corrected chi connectivity index (χ2v) is 14.1. The molecule has 0 bridgehead atoms. The molecular weight excluding hydrogens is 681 g/mol. The Morgan fingerprint density at radius 2 is 1.33 bits per heavy atom. The zero-order valence-electron chi connectivity index (χ0n) is 26.9. The summed E-state index contributed by atoms with van der Waals surface area (Å²) < 4.78 is 67.1. The Kier molecular flexibility index (Phi) is 12.0. The maximum absolute atomic E-state index is 12.5.